The maximum atomic E-state index is 13.6. The van der Waals surface area contributed by atoms with Crippen molar-refractivity contribution in [2.45, 2.75) is 63.4 Å². The van der Waals surface area contributed by atoms with Crippen molar-refractivity contribution in [2.24, 2.45) is 0 Å². The van der Waals surface area contributed by atoms with Crippen LogP contribution in [-0.4, -0.2) is 81.9 Å². The van der Waals surface area contributed by atoms with E-state index in [-0.39, 0.29) is 39.1 Å². The summed E-state index contributed by atoms with van der Waals surface area (Å²) in [4.78, 5) is 26.2. The number of amides is 2. The van der Waals surface area contributed by atoms with Crippen LogP contribution in [0.5, 0.6) is 0 Å². The lowest BCUT2D eigenvalue weighted by atomic mass is 9.92. The molecular weight excluding hydrogens is 498 g/mol. The molecule has 0 aliphatic carbocycles. The van der Waals surface area contributed by atoms with Gasteiger partial charge < -0.3 is 29.5 Å². The lowest BCUT2D eigenvalue weighted by Crippen LogP contribution is -2.53. The first-order valence-corrected chi connectivity index (χ1v) is 12.6. The molecule has 2 N–H and O–H groups in total. The molecule has 2 aliphatic rings. The van der Waals surface area contributed by atoms with Crippen LogP contribution in [0.1, 0.15) is 37.8 Å². The Morgan fingerprint density at radius 3 is 1.42 bits per heavy atom. The highest BCUT2D eigenvalue weighted by Gasteiger charge is 2.40. The number of likely N-dealkylation sites (tertiary alicyclic amines) is 2. The van der Waals surface area contributed by atoms with E-state index in [9.17, 15) is 28.6 Å². The smallest absolute Gasteiger partial charge is 0.410 e. The molecule has 38 heavy (non-hydrogen) atoms. The van der Waals surface area contributed by atoms with Gasteiger partial charge in [-0.25, -0.2) is 18.4 Å². The van der Waals surface area contributed by atoms with Crippen LogP contribution in [0.3, 0.4) is 0 Å². The predicted molar refractivity (Wildman–Crippen MR) is 137 cm³/mol. The summed E-state index contributed by atoms with van der Waals surface area (Å²) in [5.74, 6) is 0. The van der Waals surface area contributed by atoms with E-state index in [0.717, 1.165) is 11.1 Å². The summed E-state index contributed by atoms with van der Waals surface area (Å²) in [6.07, 6.45) is -3.52. The van der Waals surface area contributed by atoms with Crippen LogP contribution in [0, 0.1) is 0 Å². The molecule has 2 heterocycles. The van der Waals surface area contributed by atoms with Crippen LogP contribution < -0.4 is 0 Å². The Bertz CT molecular complexity index is 955. The number of aliphatic hydroxyl groups is 2. The first kappa shape index (κ1) is 29.3. The molecule has 0 radical (unpaired) electrons. The molecule has 4 atom stereocenters. The zero-order valence-electron chi connectivity index (χ0n) is 21.8. The summed E-state index contributed by atoms with van der Waals surface area (Å²) < 4.78 is 37.5. The van der Waals surface area contributed by atoms with Crippen LogP contribution in [-0.2, 0) is 22.7 Å². The SMILES string of the molecule is C[C@@]1(O)CCN(C(=O)OCc2ccccc2)C[C@@H]1F.C[C@]1(O)CCN(C(=O)OCc2ccccc2)C[C@H]1F. The largest absolute Gasteiger partial charge is 0.445 e. The number of nitrogens with zero attached hydrogens (tertiary/aromatic N) is 2. The quantitative estimate of drug-likeness (QED) is 0.609. The van der Waals surface area contributed by atoms with Crippen molar-refractivity contribution < 1.29 is 38.1 Å². The average molecular weight is 535 g/mol. The lowest BCUT2D eigenvalue weighted by Gasteiger charge is -2.37. The Kier molecular flexibility index (Phi) is 10.0. The topological polar surface area (TPSA) is 99.5 Å². The summed E-state index contributed by atoms with van der Waals surface area (Å²) in [6.45, 7) is 3.60. The summed E-state index contributed by atoms with van der Waals surface area (Å²) in [5.41, 5.74) is -0.930. The van der Waals surface area contributed by atoms with E-state index < -0.39 is 35.7 Å². The number of hydrogen-bond acceptors (Lipinski definition) is 6. The van der Waals surface area contributed by atoms with Crippen molar-refractivity contribution >= 4 is 12.2 Å². The number of carbonyl (C=O) groups excluding carboxylic acids is 2. The van der Waals surface area contributed by atoms with Crippen molar-refractivity contribution in [3.8, 4) is 0 Å². The second kappa shape index (κ2) is 13.0. The molecule has 0 saturated carbocycles. The molecule has 0 spiro atoms. The van der Waals surface area contributed by atoms with Crippen molar-refractivity contribution in [2.75, 3.05) is 26.2 Å². The third-order valence-corrected chi connectivity index (χ3v) is 6.81. The second-order valence-electron chi connectivity index (χ2n) is 10.1. The predicted octanol–water partition coefficient (Wildman–Crippen LogP) is 4.24. The van der Waals surface area contributed by atoms with Gasteiger partial charge in [0.2, 0.25) is 0 Å². The van der Waals surface area contributed by atoms with Crippen molar-refractivity contribution in [3.63, 3.8) is 0 Å². The molecule has 2 saturated heterocycles. The Morgan fingerprint density at radius 1 is 0.763 bits per heavy atom. The van der Waals surface area contributed by atoms with E-state index in [2.05, 4.69) is 0 Å². The molecule has 2 amide bonds. The fourth-order valence-corrected chi connectivity index (χ4v) is 3.95. The minimum atomic E-state index is -1.44. The molecular formula is C28H36F2N2O6. The zero-order chi connectivity index (χ0) is 27.8. The lowest BCUT2D eigenvalue weighted by molar-refractivity contribution is -0.0685. The van der Waals surface area contributed by atoms with E-state index in [1.165, 1.54) is 23.6 Å². The fourth-order valence-electron chi connectivity index (χ4n) is 3.95. The van der Waals surface area contributed by atoms with Crippen LogP contribution in [0.15, 0.2) is 60.7 Å². The summed E-state index contributed by atoms with van der Waals surface area (Å²) in [7, 11) is 0. The molecule has 2 aromatic carbocycles. The monoisotopic (exact) mass is 534 g/mol. The normalized spacial score (nSPS) is 27.1. The van der Waals surface area contributed by atoms with Crippen molar-refractivity contribution in [3.05, 3.63) is 71.8 Å². The second-order valence-corrected chi connectivity index (χ2v) is 10.1. The van der Waals surface area contributed by atoms with Gasteiger partial charge in [-0.15, -0.1) is 0 Å². The van der Waals surface area contributed by atoms with Crippen molar-refractivity contribution in [1.82, 2.24) is 9.80 Å². The molecule has 10 heteroatoms. The van der Waals surface area contributed by atoms with Gasteiger partial charge in [0.25, 0.3) is 0 Å². The van der Waals surface area contributed by atoms with Gasteiger partial charge in [0, 0.05) is 13.1 Å². The Labute approximate surface area is 221 Å². The van der Waals surface area contributed by atoms with Gasteiger partial charge in [0.15, 0.2) is 0 Å². The fraction of sp³-hybridized carbons (Fsp3) is 0.500. The van der Waals surface area contributed by atoms with E-state index in [1.807, 2.05) is 60.7 Å². The van der Waals surface area contributed by atoms with Crippen LogP contribution in [0.4, 0.5) is 18.4 Å². The highest BCUT2D eigenvalue weighted by Crippen LogP contribution is 2.26. The van der Waals surface area contributed by atoms with Gasteiger partial charge in [-0.05, 0) is 37.8 Å². The molecule has 2 aliphatic heterocycles. The number of benzene rings is 2. The molecule has 208 valence electrons. The van der Waals surface area contributed by atoms with Gasteiger partial charge in [0.05, 0.1) is 24.3 Å². The first-order chi connectivity index (χ1) is 18.0. The first-order valence-electron chi connectivity index (χ1n) is 12.6. The van der Waals surface area contributed by atoms with E-state index in [0.29, 0.717) is 13.1 Å². The maximum Gasteiger partial charge on any atom is 0.410 e. The number of ether oxygens (including phenoxy) is 2. The standard InChI is InChI=1S/2C14H18FNO3/c2*1-14(18)7-8-16(9-12(14)15)13(17)19-10-11-5-3-2-4-6-11/h2*2-6,12,18H,7-10H2,1H3/t2*12-,14+/m10/s1. The maximum absolute atomic E-state index is 13.6. The van der Waals surface area contributed by atoms with E-state index >= 15 is 0 Å². The van der Waals surface area contributed by atoms with Gasteiger partial charge in [-0.1, -0.05) is 60.7 Å². The molecule has 0 unspecified atom stereocenters. The van der Waals surface area contributed by atoms with Gasteiger partial charge in [-0.3, -0.25) is 0 Å². The molecule has 2 aromatic rings. The molecule has 8 nitrogen and oxygen atoms in total. The minimum absolute atomic E-state index is 0.124. The van der Waals surface area contributed by atoms with E-state index in [4.69, 9.17) is 9.47 Å². The van der Waals surface area contributed by atoms with Gasteiger partial charge in [0.1, 0.15) is 25.6 Å². The Balaban J connectivity index is 0.000000211. The number of carbonyl (C=O) groups is 2. The molecule has 2 fully saturated rings. The van der Waals surface area contributed by atoms with Gasteiger partial charge in [-0.2, -0.15) is 0 Å². The van der Waals surface area contributed by atoms with Gasteiger partial charge >= 0.3 is 12.2 Å². The van der Waals surface area contributed by atoms with Crippen molar-refractivity contribution in [1.29, 1.82) is 0 Å². The number of hydrogen-bond donors (Lipinski definition) is 2. The number of alkyl halides is 2. The highest BCUT2D eigenvalue weighted by molar-refractivity contribution is 5.68. The number of piperidine rings is 2. The number of halogens is 2. The summed E-state index contributed by atoms with van der Waals surface area (Å²) in [6, 6.07) is 18.6. The molecule has 0 bridgehead atoms. The van der Waals surface area contributed by atoms with Crippen LogP contribution >= 0.6 is 0 Å². The third kappa shape index (κ3) is 8.39. The number of rotatable bonds is 4. The summed E-state index contributed by atoms with van der Waals surface area (Å²) in [5, 5.41) is 19.4. The average Bonchev–Trinajstić information content (AvgIpc) is 2.90. The zero-order valence-corrected chi connectivity index (χ0v) is 21.8. The van der Waals surface area contributed by atoms with Crippen LogP contribution in [0.25, 0.3) is 0 Å². The molecule has 0 aromatic heterocycles. The highest BCUT2D eigenvalue weighted by atomic mass is 19.1. The Morgan fingerprint density at radius 2 is 1.11 bits per heavy atom. The summed E-state index contributed by atoms with van der Waals surface area (Å²) >= 11 is 0. The minimum Gasteiger partial charge on any atom is -0.445 e. The molecule has 4 rings (SSSR count). The van der Waals surface area contributed by atoms with E-state index in [1.54, 1.807) is 0 Å². The third-order valence-electron chi connectivity index (χ3n) is 6.81. The van der Waals surface area contributed by atoms with Crippen LogP contribution in [0.2, 0.25) is 0 Å². The Hall–Kier alpha value is -3.24.